The topological polar surface area (TPSA) is 33.1 Å². The summed E-state index contributed by atoms with van der Waals surface area (Å²) in [5.74, 6) is -0.943. The Morgan fingerprint density at radius 1 is 1.14 bits per heavy atom. The van der Waals surface area contributed by atoms with Crippen LogP contribution in [-0.2, 0) is 18.6 Å². The van der Waals surface area contributed by atoms with Crippen LogP contribution in [0.4, 0.5) is 8.78 Å². The zero-order valence-electron chi connectivity index (χ0n) is 11.4. The van der Waals surface area contributed by atoms with Crippen LogP contribution in [0.2, 0.25) is 0 Å². The molecule has 110 valence electrons. The molecule has 0 atom stereocenters. The number of hydrogen-bond acceptors (Lipinski definition) is 3. The molecule has 3 rings (SSSR count). The van der Waals surface area contributed by atoms with Crippen molar-refractivity contribution in [2.45, 2.75) is 36.5 Å². The zero-order valence-corrected chi connectivity index (χ0v) is 12.2. The van der Waals surface area contributed by atoms with Crippen molar-refractivity contribution in [1.29, 1.82) is 0 Å². The van der Waals surface area contributed by atoms with E-state index in [1.54, 1.807) is 6.07 Å². The molecule has 0 fully saturated rings. The second-order valence-electron chi connectivity index (χ2n) is 5.12. The molecular formula is C16H15F2NOS. The highest BCUT2D eigenvalue weighted by molar-refractivity contribution is 7.98. The Morgan fingerprint density at radius 3 is 2.62 bits per heavy atom. The van der Waals surface area contributed by atoms with Crippen molar-refractivity contribution in [3.05, 3.63) is 52.6 Å². The number of pyridine rings is 1. The van der Waals surface area contributed by atoms with Gasteiger partial charge in [0.15, 0.2) is 0 Å². The van der Waals surface area contributed by atoms with Crippen molar-refractivity contribution in [3.63, 3.8) is 0 Å². The molecule has 0 saturated heterocycles. The zero-order chi connectivity index (χ0) is 14.8. The number of aromatic nitrogens is 1. The summed E-state index contributed by atoms with van der Waals surface area (Å²) >= 11 is 1.28. The second kappa shape index (κ2) is 6.02. The molecule has 1 aliphatic rings. The molecule has 5 heteroatoms. The van der Waals surface area contributed by atoms with Gasteiger partial charge in [0.2, 0.25) is 5.88 Å². The predicted octanol–water partition coefficient (Wildman–Crippen LogP) is 4.24. The maximum atomic E-state index is 13.6. The third-order valence-corrected chi connectivity index (χ3v) is 4.75. The molecule has 1 heterocycles. The largest absolute Gasteiger partial charge is 0.493 e. The van der Waals surface area contributed by atoms with Crippen LogP contribution in [0.1, 0.15) is 29.5 Å². The van der Waals surface area contributed by atoms with Gasteiger partial charge < -0.3 is 5.11 Å². The molecule has 0 saturated carbocycles. The van der Waals surface area contributed by atoms with Crippen LogP contribution < -0.4 is 0 Å². The van der Waals surface area contributed by atoms with Crippen LogP contribution in [0, 0.1) is 11.6 Å². The monoisotopic (exact) mass is 307 g/mol. The van der Waals surface area contributed by atoms with E-state index in [0.29, 0.717) is 5.03 Å². The first-order valence-electron chi connectivity index (χ1n) is 6.92. The number of halogens is 2. The Hall–Kier alpha value is -1.62. The van der Waals surface area contributed by atoms with Gasteiger partial charge >= 0.3 is 0 Å². The molecule has 2 aromatic rings. The SMILES string of the molecule is Oc1cc2c(c(SCc3c(F)cccc3F)n1)CCCC2. The minimum absolute atomic E-state index is 0.0212. The lowest BCUT2D eigenvalue weighted by atomic mass is 9.93. The maximum absolute atomic E-state index is 13.6. The van der Waals surface area contributed by atoms with E-state index in [1.807, 2.05) is 0 Å². The lowest BCUT2D eigenvalue weighted by Gasteiger charge is -2.18. The van der Waals surface area contributed by atoms with Gasteiger partial charge in [0.05, 0.1) is 0 Å². The smallest absolute Gasteiger partial charge is 0.212 e. The third kappa shape index (κ3) is 3.02. The minimum Gasteiger partial charge on any atom is -0.493 e. The molecule has 0 bridgehead atoms. The van der Waals surface area contributed by atoms with Crippen LogP contribution in [0.5, 0.6) is 5.88 Å². The molecule has 1 N–H and O–H groups in total. The Kier molecular flexibility index (Phi) is 4.10. The molecule has 1 aromatic carbocycles. The molecule has 0 radical (unpaired) electrons. The number of hydrogen-bond donors (Lipinski definition) is 1. The van der Waals surface area contributed by atoms with E-state index in [9.17, 15) is 13.9 Å². The van der Waals surface area contributed by atoms with E-state index >= 15 is 0 Å². The summed E-state index contributed by atoms with van der Waals surface area (Å²) in [5, 5.41) is 10.4. The summed E-state index contributed by atoms with van der Waals surface area (Å²) in [6.45, 7) is 0. The fraction of sp³-hybridized carbons (Fsp3) is 0.312. The lowest BCUT2D eigenvalue weighted by molar-refractivity contribution is 0.445. The number of fused-ring (bicyclic) bond motifs is 1. The van der Waals surface area contributed by atoms with Crippen molar-refractivity contribution < 1.29 is 13.9 Å². The van der Waals surface area contributed by atoms with Crippen LogP contribution >= 0.6 is 11.8 Å². The first-order chi connectivity index (χ1) is 10.1. The van der Waals surface area contributed by atoms with Crippen molar-refractivity contribution in [2.75, 3.05) is 0 Å². The van der Waals surface area contributed by atoms with Gasteiger partial charge in [-0.3, -0.25) is 0 Å². The molecule has 1 aromatic heterocycles. The molecule has 21 heavy (non-hydrogen) atoms. The fourth-order valence-electron chi connectivity index (χ4n) is 2.62. The third-order valence-electron chi connectivity index (χ3n) is 3.70. The average molecular weight is 307 g/mol. The van der Waals surface area contributed by atoms with E-state index in [4.69, 9.17) is 0 Å². The van der Waals surface area contributed by atoms with Crippen molar-refractivity contribution in [3.8, 4) is 5.88 Å². The van der Waals surface area contributed by atoms with Gasteiger partial charge in [0, 0.05) is 17.4 Å². The van der Waals surface area contributed by atoms with Crippen LogP contribution in [0.15, 0.2) is 29.3 Å². The van der Waals surface area contributed by atoms with Gasteiger partial charge in [0.25, 0.3) is 0 Å². The number of benzene rings is 1. The average Bonchev–Trinajstić information content (AvgIpc) is 2.46. The quantitative estimate of drug-likeness (QED) is 0.861. The summed E-state index contributed by atoms with van der Waals surface area (Å²) in [5.41, 5.74) is 2.27. The number of nitrogens with zero attached hydrogens (tertiary/aromatic N) is 1. The predicted molar refractivity (Wildman–Crippen MR) is 78.5 cm³/mol. The Morgan fingerprint density at radius 2 is 1.86 bits per heavy atom. The highest BCUT2D eigenvalue weighted by Gasteiger charge is 2.18. The Balaban J connectivity index is 1.87. The van der Waals surface area contributed by atoms with Gasteiger partial charge in [-0.1, -0.05) is 6.07 Å². The van der Waals surface area contributed by atoms with E-state index in [0.717, 1.165) is 36.8 Å². The van der Waals surface area contributed by atoms with Crippen LogP contribution in [0.25, 0.3) is 0 Å². The van der Waals surface area contributed by atoms with Gasteiger partial charge in [-0.15, -0.1) is 11.8 Å². The van der Waals surface area contributed by atoms with Crippen LogP contribution in [-0.4, -0.2) is 10.1 Å². The van der Waals surface area contributed by atoms with Gasteiger partial charge in [-0.2, -0.15) is 0 Å². The fourth-order valence-corrected chi connectivity index (χ4v) is 3.74. The number of rotatable bonds is 3. The van der Waals surface area contributed by atoms with Gasteiger partial charge in [0.1, 0.15) is 16.7 Å². The summed E-state index contributed by atoms with van der Waals surface area (Å²) in [6.07, 6.45) is 4.02. The van der Waals surface area contributed by atoms with Crippen molar-refractivity contribution in [1.82, 2.24) is 4.98 Å². The van der Waals surface area contributed by atoms with E-state index in [1.165, 1.54) is 30.0 Å². The van der Waals surface area contributed by atoms with E-state index in [-0.39, 0.29) is 17.2 Å². The lowest BCUT2D eigenvalue weighted by Crippen LogP contribution is -2.06. The summed E-state index contributed by atoms with van der Waals surface area (Å²) in [4.78, 5) is 4.13. The minimum atomic E-state index is -0.545. The summed E-state index contributed by atoms with van der Waals surface area (Å²) in [7, 11) is 0. The Bertz CT molecular complexity index is 655. The molecular weight excluding hydrogens is 292 g/mol. The highest BCUT2D eigenvalue weighted by atomic mass is 32.2. The van der Waals surface area contributed by atoms with E-state index < -0.39 is 11.6 Å². The number of thioether (sulfide) groups is 1. The summed E-state index contributed by atoms with van der Waals surface area (Å²) < 4.78 is 27.3. The number of aromatic hydroxyl groups is 1. The first-order valence-corrected chi connectivity index (χ1v) is 7.91. The summed E-state index contributed by atoms with van der Waals surface area (Å²) in [6, 6.07) is 5.56. The van der Waals surface area contributed by atoms with Crippen LogP contribution in [0.3, 0.4) is 0 Å². The maximum Gasteiger partial charge on any atom is 0.212 e. The number of aryl methyl sites for hydroxylation is 1. The van der Waals surface area contributed by atoms with Gasteiger partial charge in [-0.05, 0) is 48.9 Å². The molecule has 1 aliphatic carbocycles. The standard InChI is InChI=1S/C16H15F2NOS/c17-13-6-3-7-14(18)12(13)9-21-16-11-5-2-1-4-10(11)8-15(20)19-16/h3,6-8H,1-2,4-5,9H2,(H,19,20). The molecule has 0 amide bonds. The van der Waals surface area contributed by atoms with Crippen molar-refractivity contribution >= 4 is 11.8 Å². The second-order valence-corrected chi connectivity index (χ2v) is 6.08. The van der Waals surface area contributed by atoms with Crippen molar-refractivity contribution in [2.24, 2.45) is 0 Å². The molecule has 2 nitrogen and oxygen atoms in total. The molecule has 0 spiro atoms. The normalized spacial score (nSPS) is 14.0. The Labute approximate surface area is 126 Å². The first kappa shape index (κ1) is 14.3. The molecule has 0 unspecified atom stereocenters. The van der Waals surface area contributed by atoms with Gasteiger partial charge in [-0.25, -0.2) is 13.8 Å². The van der Waals surface area contributed by atoms with E-state index in [2.05, 4.69) is 4.98 Å². The molecule has 0 aliphatic heterocycles. The highest BCUT2D eigenvalue weighted by Crippen LogP contribution is 2.34.